The maximum atomic E-state index is 11.9. The fourth-order valence-corrected chi connectivity index (χ4v) is 2.49. The van der Waals surface area contributed by atoms with Crippen molar-refractivity contribution in [1.82, 2.24) is 4.90 Å². The molecule has 0 aliphatic carbocycles. The van der Waals surface area contributed by atoms with Crippen LogP contribution in [0.4, 0.5) is 11.4 Å². The quantitative estimate of drug-likeness (QED) is 0.817. The minimum atomic E-state index is 0.0632. The zero-order chi connectivity index (χ0) is 13.8. The summed E-state index contributed by atoms with van der Waals surface area (Å²) in [6.07, 6.45) is 1.79. The number of hydrogen-bond donors (Lipinski definition) is 2. The van der Waals surface area contributed by atoms with Gasteiger partial charge >= 0.3 is 0 Å². The highest BCUT2D eigenvalue weighted by atomic mass is 16.1. The summed E-state index contributed by atoms with van der Waals surface area (Å²) in [7, 11) is 0. The topological polar surface area (TPSA) is 58.4 Å². The van der Waals surface area contributed by atoms with E-state index in [1.54, 1.807) is 0 Å². The summed E-state index contributed by atoms with van der Waals surface area (Å²) in [6, 6.07) is 5.60. The van der Waals surface area contributed by atoms with Crippen molar-refractivity contribution in [2.75, 3.05) is 30.7 Å². The van der Waals surface area contributed by atoms with Gasteiger partial charge in [0.05, 0.1) is 0 Å². The highest BCUT2D eigenvalue weighted by molar-refractivity contribution is 5.92. The maximum absolute atomic E-state index is 11.9. The van der Waals surface area contributed by atoms with Gasteiger partial charge in [-0.25, -0.2) is 0 Å². The fraction of sp³-hybridized carbons (Fsp3) is 0.533. The Morgan fingerprint density at radius 1 is 1.53 bits per heavy atom. The van der Waals surface area contributed by atoms with Gasteiger partial charge in [-0.1, -0.05) is 13.0 Å². The minimum Gasteiger partial charge on any atom is -0.398 e. The summed E-state index contributed by atoms with van der Waals surface area (Å²) >= 11 is 0. The number of hydrogen-bond acceptors (Lipinski definition) is 3. The number of nitrogen functional groups attached to an aromatic ring is 1. The van der Waals surface area contributed by atoms with Crippen LogP contribution >= 0.6 is 0 Å². The molecular weight excluding hydrogens is 238 g/mol. The van der Waals surface area contributed by atoms with Gasteiger partial charge in [-0.15, -0.1) is 0 Å². The molecule has 1 aromatic rings. The normalized spacial score (nSPS) is 19.6. The van der Waals surface area contributed by atoms with Gasteiger partial charge in [0.15, 0.2) is 0 Å². The molecule has 19 heavy (non-hydrogen) atoms. The highest BCUT2D eigenvalue weighted by Gasteiger charge is 2.18. The van der Waals surface area contributed by atoms with Crippen LogP contribution in [-0.2, 0) is 4.79 Å². The van der Waals surface area contributed by atoms with Crippen LogP contribution in [0.1, 0.15) is 25.3 Å². The Kier molecular flexibility index (Phi) is 4.43. The Balaban J connectivity index is 1.82. The van der Waals surface area contributed by atoms with E-state index in [1.165, 1.54) is 6.42 Å². The van der Waals surface area contributed by atoms with Crippen molar-refractivity contribution in [2.24, 2.45) is 5.92 Å². The van der Waals surface area contributed by atoms with Gasteiger partial charge in [-0.3, -0.25) is 4.79 Å². The van der Waals surface area contributed by atoms with Crippen molar-refractivity contribution in [3.8, 4) is 0 Å². The van der Waals surface area contributed by atoms with Crippen molar-refractivity contribution in [1.29, 1.82) is 0 Å². The van der Waals surface area contributed by atoms with E-state index in [2.05, 4.69) is 17.1 Å². The van der Waals surface area contributed by atoms with Crippen molar-refractivity contribution >= 4 is 17.3 Å². The third-order valence-corrected chi connectivity index (χ3v) is 3.81. The number of anilines is 2. The summed E-state index contributed by atoms with van der Waals surface area (Å²) in [5.41, 5.74) is 8.29. The Hall–Kier alpha value is -1.55. The molecule has 4 nitrogen and oxygen atoms in total. The second-order valence-electron chi connectivity index (χ2n) is 5.51. The van der Waals surface area contributed by atoms with E-state index in [0.717, 1.165) is 36.8 Å². The van der Waals surface area contributed by atoms with Crippen LogP contribution in [0.5, 0.6) is 0 Å². The number of carbonyl (C=O) groups is 1. The number of nitrogens with two attached hydrogens (primary N) is 1. The first-order chi connectivity index (χ1) is 9.06. The van der Waals surface area contributed by atoms with Gasteiger partial charge in [-0.05, 0) is 43.5 Å². The molecule has 1 saturated heterocycles. The fourth-order valence-electron chi connectivity index (χ4n) is 2.49. The predicted molar refractivity (Wildman–Crippen MR) is 79.1 cm³/mol. The van der Waals surface area contributed by atoms with E-state index in [0.29, 0.717) is 12.1 Å². The summed E-state index contributed by atoms with van der Waals surface area (Å²) in [5, 5.41) is 2.94. The largest absolute Gasteiger partial charge is 0.398 e. The van der Waals surface area contributed by atoms with Gasteiger partial charge in [0, 0.05) is 30.9 Å². The van der Waals surface area contributed by atoms with E-state index in [1.807, 2.05) is 25.1 Å². The third-order valence-electron chi connectivity index (χ3n) is 3.81. The molecule has 1 aliphatic heterocycles. The van der Waals surface area contributed by atoms with Gasteiger partial charge < -0.3 is 16.0 Å². The lowest BCUT2D eigenvalue weighted by molar-refractivity contribution is -0.116. The summed E-state index contributed by atoms with van der Waals surface area (Å²) in [6.45, 7) is 7.26. The van der Waals surface area contributed by atoms with Crippen LogP contribution in [-0.4, -0.2) is 30.4 Å². The molecule has 2 rings (SSSR count). The van der Waals surface area contributed by atoms with Crippen molar-refractivity contribution in [3.05, 3.63) is 23.8 Å². The van der Waals surface area contributed by atoms with Crippen LogP contribution in [0.25, 0.3) is 0 Å². The zero-order valence-corrected chi connectivity index (χ0v) is 11.8. The molecule has 1 unspecified atom stereocenters. The number of nitrogens with one attached hydrogen (secondary N) is 1. The van der Waals surface area contributed by atoms with Crippen molar-refractivity contribution in [2.45, 2.75) is 26.7 Å². The number of likely N-dealkylation sites (tertiary alicyclic amines) is 1. The van der Waals surface area contributed by atoms with Crippen LogP contribution in [0.15, 0.2) is 18.2 Å². The molecule has 1 aromatic carbocycles. The number of amides is 1. The molecule has 0 saturated carbocycles. The zero-order valence-electron chi connectivity index (χ0n) is 11.8. The molecule has 0 spiro atoms. The summed E-state index contributed by atoms with van der Waals surface area (Å²) in [5.74, 6) is 0.826. The number of rotatable bonds is 4. The molecule has 1 fully saturated rings. The number of benzene rings is 1. The maximum Gasteiger partial charge on any atom is 0.225 e. The van der Waals surface area contributed by atoms with Crippen LogP contribution in [0.2, 0.25) is 0 Å². The SMILES string of the molecule is Cc1c(N)cccc1NC(=O)CCN1CCC(C)C1. The monoisotopic (exact) mass is 261 g/mol. The van der Waals surface area contributed by atoms with E-state index in [-0.39, 0.29) is 5.91 Å². The Morgan fingerprint density at radius 3 is 3.00 bits per heavy atom. The summed E-state index contributed by atoms with van der Waals surface area (Å²) < 4.78 is 0. The van der Waals surface area contributed by atoms with Crippen LogP contribution in [0, 0.1) is 12.8 Å². The first-order valence-corrected chi connectivity index (χ1v) is 6.93. The van der Waals surface area contributed by atoms with Gasteiger partial charge in [0.2, 0.25) is 5.91 Å². The van der Waals surface area contributed by atoms with Crippen molar-refractivity contribution in [3.63, 3.8) is 0 Å². The lowest BCUT2D eigenvalue weighted by atomic mass is 10.1. The van der Waals surface area contributed by atoms with Crippen LogP contribution < -0.4 is 11.1 Å². The molecule has 0 radical (unpaired) electrons. The first-order valence-electron chi connectivity index (χ1n) is 6.93. The Bertz CT molecular complexity index is 459. The third kappa shape index (κ3) is 3.70. The molecule has 104 valence electrons. The molecule has 1 amide bonds. The second kappa shape index (κ2) is 6.06. The standard InChI is InChI=1S/C15H23N3O/c1-11-6-8-18(10-11)9-7-15(19)17-14-5-3-4-13(16)12(14)2/h3-5,11H,6-10,16H2,1-2H3,(H,17,19). The lowest BCUT2D eigenvalue weighted by Gasteiger charge is -2.15. The van der Waals surface area contributed by atoms with Crippen molar-refractivity contribution < 1.29 is 4.79 Å². The van der Waals surface area contributed by atoms with E-state index in [9.17, 15) is 4.79 Å². The average Bonchev–Trinajstić information content (AvgIpc) is 2.78. The molecule has 0 aromatic heterocycles. The molecule has 4 heteroatoms. The lowest BCUT2D eigenvalue weighted by Crippen LogP contribution is -2.25. The second-order valence-corrected chi connectivity index (χ2v) is 5.51. The van der Waals surface area contributed by atoms with Gasteiger partial charge in [-0.2, -0.15) is 0 Å². The average molecular weight is 261 g/mol. The number of carbonyl (C=O) groups excluding carboxylic acids is 1. The Labute approximate surface area is 115 Å². The molecular formula is C15H23N3O. The number of nitrogens with zero attached hydrogens (tertiary/aromatic N) is 1. The Morgan fingerprint density at radius 2 is 2.32 bits per heavy atom. The van der Waals surface area contributed by atoms with E-state index >= 15 is 0 Å². The van der Waals surface area contributed by atoms with Gasteiger partial charge in [0.1, 0.15) is 0 Å². The van der Waals surface area contributed by atoms with E-state index < -0.39 is 0 Å². The highest BCUT2D eigenvalue weighted by Crippen LogP contribution is 2.20. The van der Waals surface area contributed by atoms with Crippen LogP contribution in [0.3, 0.4) is 0 Å². The molecule has 1 aliphatic rings. The smallest absolute Gasteiger partial charge is 0.225 e. The molecule has 0 bridgehead atoms. The summed E-state index contributed by atoms with van der Waals surface area (Å²) in [4.78, 5) is 14.3. The van der Waals surface area contributed by atoms with E-state index in [4.69, 9.17) is 5.73 Å². The molecule has 3 N–H and O–H groups in total. The predicted octanol–water partition coefficient (Wildman–Crippen LogP) is 2.25. The molecule has 1 atom stereocenters. The molecule has 1 heterocycles. The minimum absolute atomic E-state index is 0.0632. The first kappa shape index (κ1) is 13.9. The van der Waals surface area contributed by atoms with Gasteiger partial charge in [0.25, 0.3) is 0 Å².